The van der Waals surface area contributed by atoms with E-state index in [0.29, 0.717) is 16.9 Å². The van der Waals surface area contributed by atoms with E-state index in [9.17, 15) is 14.7 Å². The Morgan fingerprint density at radius 2 is 1.72 bits per heavy atom. The number of halogens is 1. The van der Waals surface area contributed by atoms with Crippen molar-refractivity contribution in [3.8, 4) is 0 Å². The first kappa shape index (κ1) is 22.0. The fourth-order valence-corrected chi connectivity index (χ4v) is 4.20. The molecule has 0 spiro atoms. The lowest BCUT2D eigenvalue weighted by Crippen LogP contribution is -2.55. The van der Waals surface area contributed by atoms with Crippen LogP contribution >= 0.6 is 15.9 Å². The maximum absolute atomic E-state index is 13.7. The van der Waals surface area contributed by atoms with Crippen LogP contribution in [0, 0.1) is 0 Å². The van der Waals surface area contributed by atoms with Crippen LogP contribution in [-0.2, 0) is 26.5 Å². The Morgan fingerprint density at radius 3 is 2.41 bits per heavy atom. The van der Waals surface area contributed by atoms with Crippen LogP contribution in [0.3, 0.4) is 0 Å². The average molecular weight is 495 g/mol. The van der Waals surface area contributed by atoms with Crippen molar-refractivity contribution in [1.29, 1.82) is 0 Å². The number of esters is 1. The molecule has 0 unspecified atom stereocenters. The molecule has 3 aromatic carbocycles. The number of fused-ring (bicyclic) bond motifs is 1. The van der Waals surface area contributed by atoms with Crippen LogP contribution in [0.15, 0.2) is 83.3 Å². The van der Waals surface area contributed by atoms with Crippen molar-refractivity contribution in [2.75, 3.05) is 16.8 Å². The first-order valence-electron chi connectivity index (χ1n) is 10.3. The number of carbonyl (C=O) groups is 2. The van der Waals surface area contributed by atoms with Crippen molar-refractivity contribution in [3.63, 3.8) is 0 Å². The predicted octanol–water partition coefficient (Wildman–Crippen LogP) is 4.23. The Labute approximate surface area is 195 Å². The van der Waals surface area contributed by atoms with Gasteiger partial charge in [-0.25, -0.2) is 4.79 Å². The lowest BCUT2D eigenvalue weighted by atomic mass is 9.87. The van der Waals surface area contributed by atoms with E-state index in [4.69, 9.17) is 4.74 Å². The standard InChI is InChI=1S/C25H23BrN2O4/c1-2-32-23(29)22(27-19-14-12-18(26)13-15-19)25(31)20-10-6-7-11-21(20)28(24(25)30)16-17-8-4-3-5-9-17/h3-15,22,27,31H,2,16H2,1H3/t22-,25-/m1/s1. The molecule has 3 aromatic rings. The summed E-state index contributed by atoms with van der Waals surface area (Å²) in [4.78, 5) is 28.2. The number of nitrogens with zero attached hydrogens (tertiary/aromatic N) is 1. The van der Waals surface area contributed by atoms with E-state index in [1.807, 2.05) is 30.3 Å². The molecule has 0 aliphatic carbocycles. The van der Waals surface area contributed by atoms with Crippen molar-refractivity contribution in [2.24, 2.45) is 0 Å². The van der Waals surface area contributed by atoms with E-state index >= 15 is 0 Å². The number of rotatable bonds is 7. The summed E-state index contributed by atoms with van der Waals surface area (Å²) < 4.78 is 6.12. The second-order valence-corrected chi connectivity index (χ2v) is 8.41. The molecule has 0 bridgehead atoms. The lowest BCUT2D eigenvalue weighted by Gasteiger charge is -2.31. The number of benzene rings is 3. The molecule has 6 nitrogen and oxygen atoms in total. The first-order chi connectivity index (χ1) is 15.4. The minimum Gasteiger partial charge on any atom is -0.464 e. The summed E-state index contributed by atoms with van der Waals surface area (Å²) in [7, 11) is 0. The van der Waals surface area contributed by atoms with Gasteiger partial charge in [0.1, 0.15) is 0 Å². The number of anilines is 2. The summed E-state index contributed by atoms with van der Waals surface area (Å²) in [6, 6.07) is 22.3. The summed E-state index contributed by atoms with van der Waals surface area (Å²) in [5.74, 6) is -1.28. The van der Waals surface area contributed by atoms with Crippen LogP contribution in [0.1, 0.15) is 18.1 Å². The number of hydrogen-bond acceptors (Lipinski definition) is 5. The molecule has 0 saturated carbocycles. The highest BCUT2D eigenvalue weighted by Crippen LogP contribution is 2.44. The van der Waals surface area contributed by atoms with Crippen LogP contribution in [0.5, 0.6) is 0 Å². The molecule has 0 saturated heterocycles. The van der Waals surface area contributed by atoms with E-state index in [1.165, 1.54) is 4.90 Å². The minimum absolute atomic E-state index is 0.122. The molecule has 1 aliphatic rings. The maximum atomic E-state index is 13.7. The van der Waals surface area contributed by atoms with Gasteiger partial charge in [0, 0.05) is 15.7 Å². The third kappa shape index (κ3) is 4.01. The van der Waals surface area contributed by atoms with Gasteiger partial charge in [-0.2, -0.15) is 0 Å². The second kappa shape index (κ2) is 9.14. The van der Waals surface area contributed by atoms with Gasteiger partial charge in [-0.3, -0.25) is 4.79 Å². The molecule has 1 heterocycles. The minimum atomic E-state index is -2.13. The van der Waals surface area contributed by atoms with Crippen molar-refractivity contribution >= 4 is 39.2 Å². The topological polar surface area (TPSA) is 78.9 Å². The highest BCUT2D eigenvalue weighted by Gasteiger charge is 2.58. The molecule has 4 rings (SSSR count). The molecule has 1 amide bonds. The number of nitrogens with one attached hydrogen (secondary N) is 1. The Bertz CT molecular complexity index is 1120. The SMILES string of the molecule is CCOC(=O)[C@@H](Nc1ccc(Br)cc1)[C@@]1(O)C(=O)N(Cc2ccccc2)c2ccccc21. The molecule has 1 aliphatic heterocycles. The van der Waals surface area contributed by atoms with Crippen LogP contribution in [-0.4, -0.2) is 29.6 Å². The van der Waals surface area contributed by atoms with Crippen LogP contribution < -0.4 is 10.2 Å². The Balaban J connectivity index is 1.77. The Kier molecular flexibility index (Phi) is 6.30. The summed E-state index contributed by atoms with van der Waals surface area (Å²) in [6.45, 7) is 2.08. The molecule has 0 fully saturated rings. The van der Waals surface area contributed by atoms with Gasteiger partial charge in [-0.1, -0.05) is 64.5 Å². The van der Waals surface area contributed by atoms with E-state index < -0.39 is 23.5 Å². The van der Waals surface area contributed by atoms with Gasteiger partial charge in [0.2, 0.25) is 5.60 Å². The van der Waals surface area contributed by atoms with Gasteiger partial charge < -0.3 is 20.1 Å². The number of aliphatic hydroxyl groups is 1. The van der Waals surface area contributed by atoms with Crippen molar-refractivity contribution in [2.45, 2.75) is 25.1 Å². The fourth-order valence-electron chi connectivity index (χ4n) is 3.94. The van der Waals surface area contributed by atoms with Crippen LogP contribution in [0.4, 0.5) is 11.4 Å². The van der Waals surface area contributed by atoms with Gasteiger partial charge in [-0.15, -0.1) is 0 Å². The largest absolute Gasteiger partial charge is 0.464 e. The number of para-hydroxylation sites is 1. The number of hydrogen-bond donors (Lipinski definition) is 2. The van der Waals surface area contributed by atoms with Gasteiger partial charge in [-0.05, 0) is 42.8 Å². The van der Waals surface area contributed by atoms with Crippen molar-refractivity contribution in [3.05, 3.63) is 94.5 Å². The Morgan fingerprint density at radius 1 is 1.06 bits per heavy atom. The van der Waals surface area contributed by atoms with Gasteiger partial charge in [0.05, 0.1) is 18.8 Å². The lowest BCUT2D eigenvalue weighted by molar-refractivity contribution is -0.156. The van der Waals surface area contributed by atoms with Crippen molar-refractivity contribution < 1.29 is 19.4 Å². The fraction of sp³-hybridized carbons (Fsp3) is 0.200. The van der Waals surface area contributed by atoms with Gasteiger partial charge >= 0.3 is 5.97 Å². The van der Waals surface area contributed by atoms with E-state index in [2.05, 4.69) is 21.2 Å². The average Bonchev–Trinajstić information content (AvgIpc) is 3.02. The maximum Gasteiger partial charge on any atom is 0.332 e. The molecule has 2 atom stereocenters. The molecule has 2 N–H and O–H groups in total. The van der Waals surface area contributed by atoms with Crippen molar-refractivity contribution in [1.82, 2.24) is 0 Å². The zero-order chi connectivity index (χ0) is 22.7. The summed E-state index contributed by atoms with van der Waals surface area (Å²) >= 11 is 3.38. The molecular weight excluding hydrogens is 472 g/mol. The second-order valence-electron chi connectivity index (χ2n) is 7.50. The monoisotopic (exact) mass is 494 g/mol. The molecule has 0 radical (unpaired) electrons. The van der Waals surface area contributed by atoms with E-state index in [-0.39, 0.29) is 13.2 Å². The van der Waals surface area contributed by atoms with Gasteiger partial charge in [0.15, 0.2) is 6.04 Å². The van der Waals surface area contributed by atoms with Gasteiger partial charge in [0.25, 0.3) is 5.91 Å². The quantitative estimate of drug-likeness (QED) is 0.480. The predicted molar refractivity (Wildman–Crippen MR) is 126 cm³/mol. The highest BCUT2D eigenvalue weighted by atomic mass is 79.9. The highest BCUT2D eigenvalue weighted by molar-refractivity contribution is 9.10. The third-order valence-corrected chi connectivity index (χ3v) is 5.98. The zero-order valence-electron chi connectivity index (χ0n) is 17.5. The molecule has 7 heteroatoms. The first-order valence-corrected chi connectivity index (χ1v) is 11.1. The third-order valence-electron chi connectivity index (χ3n) is 5.46. The summed E-state index contributed by atoms with van der Waals surface area (Å²) in [5, 5.41) is 14.9. The Hall–Kier alpha value is -3.16. The van der Waals surface area contributed by atoms with E-state index in [1.54, 1.807) is 55.5 Å². The smallest absolute Gasteiger partial charge is 0.332 e. The summed E-state index contributed by atoms with van der Waals surface area (Å²) in [6.07, 6.45) is 0. The van der Waals surface area contributed by atoms with E-state index in [0.717, 1.165) is 10.0 Å². The molecule has 32 heavy (non-hydrogen) atoms. The molecule has 0 aromatic heterocycles. The normalized spacial score (nSPS) is 18.2. The molecule has 164 valence electrons. The summed E-state index contributed by atoms with van der Waals surface area (Å²) in [5.41, 5.74) is 0.282. The van der Waals surface area contributed by atoms with Crippen LogP contribution in [0.2, 0.25) is 0 Å². The number of ether oxygens (including phenoxy) is 1. The number of amides is 1. The zero-order valence-corrected chi connectivity index (χ0v) is 19.1. The number of carbonyl (C=O) groups excluding carboxylic acids is 2. The molecular formula is C25H23BrN2O4. The van der Waals surface area contributed by atoms with Crippen LogP contribution in [0.25, 0.3) is 0 Å².